The molecule has 1 aliphatic rings. The predicted octanol–water partition coefficient (Wildman–Crippen LogP) is 4.99. The number of halogens is 1. The first-order chi connectivity index (χ1) is 13.1. The molecule has 0 amide bonds. The van der Waals surface area contributed by atoms with Crippen LogP contribution in [0.5, 0.6) is 0 Å². The number of carboxylic acids is 1. The van der Waals surface area contributed by atoms with Gasteiger partial charge in [-0.05, 0) is 53.0 Å². The number of aromatic nitrogens is 3. The number of carbonyl (C=O) groups is 1. The fourth-order valence-electron chi connectivity index (χ4n) is 3.31. The maximum Gasteiger partial charge on any atom is 0.300 e. The number of aliphatic carboxylic acids is 1. The van der Waals surface area contributed by atoms with Crippen molar-refractivity contribution in [2.75, 3.05) is 5.32 Å². The van der Waals surface area contributed by atoms with E-state index in [0.29, 0.717) is 6.04 Å². The van der Waals surface area contributed by atoms with Crippen LogP contribution in [-0.4, -0.2) is 31.5 Å². The standard InChI is InChI=1S/C18H19BrN4.C2H4O2.Cu/c19-15-10-6-11-16-22-17(14-9-4-5-12-20-14)18(23(15)16)21-13-7-2-1-3-8-13;1-2(3)4;/h4-6,9-13,21H,1-3,7-8H2;1H3,(H,3,4);. The fourth-order valence-corrected chi connectivity index (χ4v) is 3.82. The first-order valence-electron chi connectivity index (χ1n) is 9.10. The van der Waals surface area contributed by atoms with Crippen molar-refractivity contribution >= 4 is 33.4 Å². The largest absolute Gasteiger partial charge is 0.481 e. The molecule has 0 saturated heterocycles. The maximum absolute atomic E-state index is 9.00. The zero-order valence-electron chi connectivity index (χ0n) is 15.5. The molecule has 1 aliphatic carbocycles. The molecule has 1 fully saturated rings. The van der Waals surface area contributed by atoms with Gasteiger partial charge in [0, 0.05) is 36.2 Å². The van der Waals surface area contributed by atoms with Crippen LogP contribution in [0.15, 0.2) is 47.2 Å². The van der Waals surface area contributed by atoms with Gasteiger partial charge in [-0.1, -0.05) is 31.4 Å². The van der Waals surface area contributed by atoms with Gasteiger partial charge in [-0.15, -0.1) is 0 Å². The molecule has 153 valence electrons. The summed E-state index contributed by atoms with van der Waals surface area (Å²) in [6.07, 6.45) is 8.21. The third-order valence-corrected chi connectivity index (χ3v) is 5.07. The van der Waals surface area contributed by atoms with Crippen molar-refractivity contribution in [2.24, 2.45) is 0 Å². The Morgan fingerprint density at radius 2 is 1.89 bits per heavy atom. The Hall–Kier alpha value is -1.89. The minimum Gasteiger partial charge on any atom is -0.481 e. The number of hydrogen-bond acceptors (Lipinski definition) is 4. The molecule has 28 heavy (non-hydrogen) atoms. The second kappa shape index (κ2) is 10.6. The summed E-state index contributed by atoms with van der Waals surface area (Å²) in [5.41, 5.74) is 2.75. The van der Waals surface area contributed by atoms with Crippen LogP contribution < -0.4 is 5.32 Å². The summed E-state index contributed by atoms with van der Waals surface area (Å²) in [5, 5.41) is 11.2. The number of imidazole rings is 1. The van der Waals surface area contributed by atoms with E-state index in [1.165, 1.54) is 32.1 Å². The van der Waals surface area contributed by atoms with Crippen molar-refractivity contribution in [3.8, 4) is 11.4 Å². The zero-order valence-corrected chi connectivity index (χ0v) is 18.1. The van der Waals surface area contributed by atoms with Crippen LogP contribution in [0.4, 0.5) is 5.82 Å². The van der Waals surface area contributed by atoms with E-state index in [4.69, 9.17) is 14.9 Å². The van der Waals surface area contributed by atoms with E-state index in [1.54, 1.807) is 0 Å². The number of rotatable bonds is 3. The van der Waals surface area contributed by atoms with E-state index in [1.807, 2.05) is 42.6 Å². The molecule has 3 aromatic rings. The van der Waals surface area contributed by atoms with Crippen molar-refractivity contribution in [3.63, 3.8) is 0 Å². The molecule has 6 nitrogen and oxygen atoms in total. The first kappa shape index (κ1) is 22.4. The molecule has 0 aromatic carbocycles. The predicted molar refractivity (Wildman–Crippen MR) is 110 cm³/mol. The van der Waals surface area contributed by atoms with Crippen LogP contribution in [0.25, 0.3) is 17.0 Å². The van der Waals surface area contributed by atoms with Crippen LogP contribution >= 0.6 is 15.9 Å². The monoisotopic (exact) mass is 493 g/mol. The molecule has 8 heteroatoms. The van der Waals surface area contributed by atoms with E-state index in [9.17, 15) is 0 Å². The summed E-state index contributed by atoms with van der Waals surface area (Å²) in [6, 6.07) is 12.6. The van der Waals surface area contributed by atoms with Crippen molar-refractivity contribution in [2.45, 2.75) is 45.1 Å². The molecule has 0 atom stereocenters. The summed E-state index contributed by atoms with van der Waals surface area (Å²) in [6.45, 7) is 1.08. The van der Waals surface area contributed by atoms with Crippen molar-refractivity contribution in [1.82, 2.24) is 14.4 Å². The van der Waals surface area contributed by atoms with E-state index >= 15 is 0 Å². The summed E-state index contributed by atoms with van der Waals surface area (Å²) in [4.78, 5) is 18.3. The molecule has 3 heterocycles. The van der Waals surface area contributed by atoms with Crippen molar-refractivity contribution < 1.29 is 27.0 Å². The molecule has 1 saturated carbocycles. The van der Waals surface area contributed by atoms with Gasteiger partial charge in [-0.3, -0.25) is 14.2 Å². The van der Waals surface area contributed by atoms with E-state index in [2.05, 4.69) is 30.6 Å². The van der Waals surface area contributed by atoms with Crippen molar-refractivity contribution in [1.29, 1.82) is 0 Å². The summed E-state index contributed by atoms with van der Waals surface area (Å²) in [5.74, 6) is 0.207. The minimum absolute atomic E-state index is 0. The Balaban J connectivity index is 0.000000515. The number of nitrogens with one attached hydrogen (secondary N) is 1. The Bertz CT molecular complexity index is 907. The number of anilines is 1. The fraction of sp³-hybridized carbons (Fsp3) is 0.350. The van der Waals surface area contributed by atoms with Gasteiger partial charge in [0.25, 0.3) is 5.97 Å². The van der Waals surface area contributed by atoms with Gasteiger partial charge in [0.15, 0.2) is 0 Å². The number of pyridine rings is 2. The molecule has 3 aromatic heterocycles. The number of nitrogens with zero attached hydrogens (tertiary/aromatic N) is 3. The molecule has 0 bridgehead atoms. The SMILES string of the molecule is Brc1cccc2nc(-c3ccccn3)c(NC3CCCCC3)n12.CC(=O)O.[Cu]. The van der Waals surface area contributed by atoms with E-state index < -0.39 is 5.97 Å². The van der Waals surface area contributed by atoms with E-state index in [-0.39, 0.29) is 17.1 Å². The van der Waals surface area contributed by atoms with Gasteiger partial charge in [0.2, 0.25) is 0 Å². The average molecular weight is 495 g/mol. The molecule has 1 radical (unpaired) electrons. The third kappa shape index (κ3) is 5.56. The number of hydrogen-bond donors (Lipinski definition) is 2. The summed E-state index contributed by atoms with van der Waals surface area (Å²) < 4.78 is 3.14. The van der Waals surface area contributed by atoms with Crippen molar-refractivity contribution in [3.05, 3.63) is 47.2 Å². The summed E-state index contributed by atoms with van der Waals surface area (Å²) >= 11 is 3.66. The van der Waals surface area contributed by atoms with Gasteiger partial charge in [-0.2, -0.15) is 0 Å². The molecule has 2 N–H and O–H groups in total. The Kier molecular flexibility index (Phi) is 8.48. The molecule has 4 rings (SSSR count). The van der Waals surface area contributed by atoms with E-state index in [0.717, 1.165) is 34.4 Å². The molecule has 0 aliphatic heterocycles. The second-order valence-electron chi connectivity index (χ2n) is 6.56. The summed E-state index contributed by atoms with van der Waals surface area (Å²) in [7, 11) is 0. The topological polar surface area (TPSA) is 79.5 Å². The van der Waals surface area contributed by atoms with Gasteiger partial charge in [0.05, 0.1) is 10.3 Å². The molecule has 0 unspecified atom stereocenters. The van der Waals surface area contributed by atoms with Crippen LogP contribution in [-0.2, 0) is 21.9 Å². The molecular formula is C20H23BrCuN4O2. The van der Waals surface area contributed by atoms with Crippen LogP contribution in [0.2, 0.25) is 0 Å². The number of carboxylic acid groups (broad SMARTS) is 1. The zero-order chi connectivity index (χ0) is 19.2. The third-order valence-electron chi connectivity index (χ3n) is 4.45. The normalized spacial score (nSPS) is 13.9. The average Bonchev–Trinajstić information content (AvgIpc) is 3.03. The Morgan fingerprint density at radius 1 is 1.18 bits per heavy atom. The maximum atomic E-state index is 9.00. The van der Waals surface area contributed by atoms with Gasteiger partial charge >= 0.3 is 0 Å². The number of fused-ring (bicyclic) bond motifs is 1. The smallest absolute Gasteiger partial charge is 0.300 e. The minimum atomic E-state index is -0.833. The van der Waals surface area contributed by atoms with Crippen LogP contribution in [0, 0.1) is 0 Å². The van der Waals surface area contributed by atoms with Crippen LogP contribution in [0.3, 0.4) is 0 Å². The Labute approximate surface area is 183 Å². The van der Waals surface area contributed by atoms with Gasteiger partial charge in [-0.25, -0.2) is 4.98 Å². The molecular weight excluding hydrogens is 472 g/mol. The van der Waals surface area contributed by atoms with Gasteiger partial charge < -0.3 is 10.4 Å². The molecule has 0 spiro atoms. The Morgan fingerprint density at radius 3 is 2.54 bits per heavy atom. The second-order valence-corrected chi connectivity index (χ2v) is 7.38. The van der Waals surface area contributed by atoms with Gasteiger partial charge in [0.1, 0.15) is 17.2 Å². The first-order valence-corrected chi connectivity index (χ1v) is 9.90. The quantitative estimate of drug-likeness (QED) is 0.396. The van der Waals surface area contributed by atoms with Crippen LogP contribution in [0.1, 0.15) is 39.0 Å².